The van der Waals surface area contributed by atoms with Crippen LogP contribution in [0.1, 0.15) is 31.2 Å². The lowest BCUT2D eigenvalue weighted by Crippen LogP contribution is -2.54. The van der Waals surface area contributed by atoms with Crippen molar-refractivity contribution in [2.45, 2.75) is 44.2 Å². The zero-order valence-corrected chi connectivity index (χ0v) is 18.6. The number of likely N-dealkylation sites (tertiary alicyclic amines) is 1. The highest BCUT2D eigenvalue weighted by Gasteiger charge is 2.37. The van der Waals surface area contributed by atoms with E-state index in [4.69, 9.17) is 5.84 Å². The van der Waals surface area contributed by atoms with Crippen LogP contribution in [0.5, 0.6) is 0 Å². The van der Waals surface area contributed by atoms with Crippen molar-refractivity contribution in [1.82, 2.24) is 20.4 Å². The number of hydrazine groups is 1. The van der Waals surface area contributed by atoms with Crippen LogP contribution in [0.2, 0.25) is 0 Å². The van der Waals surface area contributed by atoms with Gasteiger partial charge in [0.15, 0.2) is 0 Å². The second kappa shape index (κ2) is 12.4. The van der Waals surface area contributed by atoms with Gasteiger partial charge in [-0.25, -0.2) is 19.0 Å². The summed E-state index contributed by atoms with van der Waals surface area (Å²) in [5, 5.41) is 2.87. The molecular formula is C20H32N6O4S. The van der Waals surface area contributed by atoms with Crippen molar-refractivity contribution in [3.05, 3.63) is 35.9 Å². The van der Waals surface area contributed by atoms with Crippen LogP contribution >= 0.6 is 0 Å². The van der Waals surface area contributed by atoms with E-state index in [1.54, 1.807) is 0 Å². The van der Waals surface area contributed by atoms with Crippen molar-refractivity contribution < 1.29 is 18.0 Å². The van der Waals surface area contributed by atoms with Crippen LogP contribution in [-0.4, -0.2) is 69.4 Å². The third kappa shape index (κ3) is 8.64. The number of nitrogens with zero attached hydrogens (tertiary/aromatic N) is 2. The minimum absolute atomic E-state index is 0.212. The normalized spacial score (nSPS) is 17.6. The molecule has 31 heavy (non-hydrogen) atoms. The Hall–Kier alpha value is -2.50. The van der Waals surface area contributed by atoms with E-state index in [0.717, 1.165) is 24.7 Å². The Labute approximate surface area is 183 Å². The maximum Gasteiger partial charge on any atom is 0.242 e. The van der Waals surface area contributed by atoms with E-state index in [1.807, 2.05) is 30.3 Å². The number of rotatable bonds is 12. The number of benzene rings is 1. The van der Waals surface area contributed by atoms with Gasteiger partial charge in [-0.05, 0) is 37.7 Å². The number of unbranched alkanes of at least 4 members (excludes halogenated alkanes) is 1. The van der Waals surface area contributed by atoms with Crippen LogP contribution in [0.25, 0.3) is 0 Å². The molecule has 1 heterocycles. The quantitative estimate of drug-likeness (QED) is 0.111. The van der Waals surface area contributed by atoms with E-state index >= 15 is 0 Å². The summed E-state index contributed by atoms with van der Waals surface area (Å²) in [6.07, 6.45) is 5.46. The number of hydrogen-bond acceptors (Lipinski definition) is 6. The van der Waals surface area contributed by atoms with Gasteiger partial charge in [-0.3, -0.25) is 14.6 Å². The van der Waals surface area contributed by atoms with Crippen molar-refractivity contribution in [2.75, 3.05) is 25.9 Å². The zero-order valence-electron chi connectivity index (χ0n) is 17.8. The lowest BCUT2D eigenvalue weighted by molar-refractivity contribution is -0.139. The van der Waals surface area contributed by atoms with Gasteiger partial charge in [-0.15, -0.1) is 0 Å². The molecule has 1 aliphatic rings. The van der Waals surface area contributed by atoms with Crippen molar-refractivity contribution in [3.8, 4) is 0 Å². The van der Waals surface area contributed by atoms with E-state index in [0.29, 0.717) is 32.5 Å². The van der Waals surface area contributed by atoms with Gasteiger partial charge >= 0.3 is 0 Å². The van der Waals surface area contributed by atoms with Gasteiger partial charge in [0.25, 0.3) is 0 Å². The third-order valence-corrected chi connectivity index (χ3v) is 5.67. The maximum absolute atomic E-state index is 13.2. The van der Waals surface area contributed by atoms with Gasteiger partial charge in [0.05, 0.1) is 12.6 Å². The first kappa shape index (κ1) is 24.8. The first-order valence-corrected chi connectivity index (χ1v) is 12.2. The molecular weight excluding hydrogens is 420 g/mol. The maximum atomic E-state index is 13.2. The summed E-state index contributed by atoms with van der Waals surface area (Å²) in [4.78, 5) is 31.4. The van der Waals surface area contributed by atoms with Gasteiger partial charge in [-0.1, -0.05) is 30.3 Å². The predicted molar refractivity (Wildman–Crippen MR) is 120 cm³/mol. The fourth-order valence-corrected chi connectivity index (χ4v) is 4.27. The van der Waals surface area contributed by atoms with Crippen LogP contribution in [0.3, 0.4) is 0 Å². The number of nitrogens with one attached hydrogen (secondary N) is 3. The number of aliphatic imine (C=N–C) groups is 1. The average Bonchev–Trinajstić information content (AvgIpc) is 3.22. The third-order valence-electron chi connectivity index (χ3n) is 4.95. The molecule has 1 saturated heterocycles. The van der Waals surface area contributed by atoms with Crippen LogP contribution in [0, 0.1) is 0 Å². The monoisotopic (exact) mass is 452 g/mol. The minimum Gasteiger partial charge on any atom is -0.354 e. The van der Waals surface area contributed by atoms with Crippen LogP contribution in [0.15, 0.2) is 35.3 Å². The van der Waals surface area contributed by atoms with Gasteiger partial charge in [0.1, 0.15) is 12.1 Å². The minimum atomic E-state index is -3.60. The fraction of sp³-hybridized carbons (Fsp3) is 0.550. The van der Waals surface area contributed by atoms with Crippen LogP contribution in [0.4, 0.5) is 0 Å². The molecule has 0 spiro atoms. The standard InChI is InChI=1S/C20H32N6O4S/c1-31(29,30)25-17(14-16-8-3-2-4-9-16)20(28)26-13-7-10-18(26)19(27)23-12-6-5-11-22-15-24-21/h2-4,8-9,15,17-18,25H,5-7,10-14,21H2,1H3,(H,22,24)(H,23,27)/t17-,18+/m1/s1. The highest BCUT2D eigenvalue weighted by atomic mass is 32.2. The Morgan fingerprint density at radius 3 is 2.71 bits per heavy atom. The predicted octanol–water partition coefficient (Wildman–Crippen LogP) is -0.474. The topological polar surface area (TPSA) is 146 Å². The number of amides is 2. The molecule has 1 aliphatic heterocycles. The first-order valence-electron chi connectivity index (χ1n) is 10.4. The molecule has 172 valence electrons. The first-order chi connectivity index (χ1) is 14.8. The summed E-state index contributed by atoms with van der Waals surface area (Å²) in [6, 6.07) is 7.65. The van der Waals surface area contributed by atoms with Crippen molar-refractivity contribution in [3.63, 3.8) is 0 Å². The summed E-state index contributed by atoms with van der Waals surface area (Å²) in [5.41, 5.74) is 3.16. The van der Waals surface area contributed by atoms with Crippen LogP contribution in [-0.2, 0) is 26.0 Å². The zero-order chi connectivity index (χ0) is 22.7. The Morgan fingerprint density at radius 2 is 2.03 bits per heavy atom. The molecule has 0 bridgehead atoms. The molecule has 0 aromatic heterocycles. The van der Waals surface area contributed by atoms with E-state index in [-0.39, 0.29) is 18.2 Å². The molecule has 2 rings (SSSR count). The SMILES string of the molecule is CS(=O)(=O)N[C@H](Cc1ccccc1)C(=O)N1CCC[C@H]1C(=O)NCCCCN=CNN. The number of nitrogens with two attached hydrogens (primary N) is 1. The Morgan fingerprint density at radius 1 is 1.29 bits per heavy atom. The summed E-state index contributed by atoms with van der Waals surface area (Å²) in [6.45, 7) is 1.51. The van der Waals surface area contributed by atoms with E-state index in [1.165, 1.54) is 11.2 Å². The Bertz CT molecular complexity index is 846. The Balaban J connectivity index is 1.97. The summed E-state index contributed by atoms with van der Waals surface area (Å²) in [5.74, 6) is 4.50. The van der Waals surface area contributed by atoms with Crippen molar-refractivity contribution in [2.24, 2.45) is 10.8 Å². The molecule has 0 radical (unpaired) electrons. The van der Waals surface area contributed by atoms with E-state index in [9.17, 15) is 18.0 Å². The Kier molecular flexibility index (Phi) is 9.89. The van der Waals surface area contributed by atoms with Gasteiger partial charge in [0.2, 0.25) is 21.8 Å². The van der Waals surface area contributed by atoms with Crippen molar-refractivity contribution >= 4 is 28.2 Å². The summed E-state index contributed by atoms with van der Waals surface area (Å²) in [7, 11) is -3.60. The number of carbonyl (C=O) groups excluding carboxylic acids is 2. The smallest absolute Gasteiger partial charge is 0.242 e. The molecule has 5 N–H and O–H groups in total. The summed E-state index contributed by atoms with van der Waals surface area (Å²) < 4.78 is 26.1. The second-order valence-electron chi connectivity index (χ2n) is 7.52. The molecule has 0 unspecified atom stereocenters. The summed E-state index contributed by atoms with van der Waals surface area (Å²) >= 11 is 0. The lowest BCUT2D eigenvalue weighted by atomic mass is 10.1. The molecule has 10 nitrogen and oxygen atoms in total. The molecule has 2 amide bonds. The second-order valence-corrected chi connectivity index (χ2v) is 9.30. The van der Waals surface area contributed by atoms with Crippen molar-refractivity contribution in [1.29, 1.82) is 0 Å². The molecule has 1 aromatic rings. The molecule has 2 atom stereocenters. The average molecular weight is 453 g/mol. The molecule has 0 saturated carbocycles. The number of carbonyl (C=O) groups is 2. The van der Waals surface area contributed by atoms with Gasteiger partial charge < -0.3 is 15.6 Å². The van der Waals surface area contributed by atoms with E-state index in [2.05, 4.69) is 20.5 Å². The molecule has 0 aliphatic carbocycles. The van der Waals surface area contributed by atoms with Crippen LogP contribution < -0.4 is 21.3 Å². The van der Waals surface area contributed by atoms with Gasteiger partial charge in [-0.2, -0.15) is 0 Å². The number of hydrogen-bond donors (Lipinski definition) is 4. The lowest BCUT2D eigenvalue weighted by Gasteiger charge is -2.28. The van der Waals surface area contributed by atoms with Gasteiger partial charge in [0, 0.05) is 19.6 Å². The number of sulfonamides is 1. The largest absolute Gasteiger partial charge is 0.354 e. The highest BCUT2D eigenvalue weighted by molar-refractivity contribution is 7.88. The molecule has 1 fully saturated rings. The van der Waals surface area contributed by atoms with E-state index < -0.39 is 22.1 Å². The molecule has 11 heteroatoms. The fourth-order valence-electron chi connectivity index (χ4n) is 3.57. The molecule has 1 aromatic carbocycles. The highest BCUT2D eigenvalue weighted by Crippen LogP contribution is 2.20.